The van der Waals surface area contributed by atoms with Crippen molar-refractivity contribution in [3.8, 4) is 0 Å². The van der Waals surface area contributed by atoms with E-state index in [2.05, 4.69) is 10.3 Å². The van der Waals surface area contributed by atoms with Gasteiger partial charge in [-0.15, -0.1) is 0 Å². The molecule has 1 N–H and O–H groups in total. The third-order valence-corrected chi connectivity index (χ3v) is 3.91. The van der Waals surface area contributed by atoms with E-state index in [-0.39, 0.29) is 0 Å². The first-order chi connectivity index (χ1) is 8.20. The fraction of sp³-hybridized carbons (Fsp3) is 0.750. The molecule has 0 spiro atoms. The minimum atomic E-state index is 0.370. The Kier molecular flexibility index (Phi) is 4.42. The van der Waals surface area contributed by atoms with Gasteiger partial charge in [0.2, 0.25) is 0 Å². The molecule has 1 aliphatic rings. The van der Waals surface area contributed by atoms with Crippen molar-refractivity contribution in [2.45, 2.75) is 44.4 Å². The minimum Gasteiger partial charge on any atom is -0.370 e. The zero-order chi connectivity index (χ0) is 12.3. The molecule has 2 rings (SSSR count). The van der Waals surface area contributed by atoms with E-state index >= 15 is 0 Å². The molecular formula is C12H20ClN3O. The number of nitrogens with zero attached hydrogens (tertiary/aromatic N) is 2. The van der Waals surface area contributed by atoms with Crippen molar-refractivity contribution in [2.75, 3.05) is 7.05 Å². The van der Waals surface area contributed by atoms with Gasteiger partial charge in [-0.05, 0) is 32.7 Å². The summed E-state index contributed by atoms with van der Waals surface area (Å²) in [4.78, 5) is 4.22. The van der Waals surface area contributed by atoms with Crippen LogP contribution in [-0.4, -0.2) is 28.7 Å². The van der Waals surface area contributed by atoms with Crippen molar-refractivity contribution in [1.29, 1.82) is 0 Å². The highest BCUT2D eigenvalue weighted by Crippen LogP contribution is 2.22. The van der Waals surface area contributed by atoms with E-state index in [0.29, 0.717) is 23.9 Å². The van der Waals surface area contributed by atoms with Crippen molar-refractivity contribution in [3.05, 3.63) is 17.2 Å². The topological polar surface area (TPSA) is 39.1 Å². The van der Waals surface area contributed by atoms with Crippen LogP contribution >= 0.6 is 11.6 Å². The summed E-state index contributed by atoms with van der Waals surface area (Å²) in [5.41, 5.74) is 0. The quantitative estimate of drug-likeness (QED) is 0.898. The minimum absolute atomic E-state index is 0.370. The maximum absolute atomic E-state index is 5.93. The van der Waals surface area contributed by atoms with Crippen LogP contribution in [0.25, 0.3) is 0 Å². The van der Waals surface area contributed by atoms with Gasteiger partial charge in [-0.3, -0.25) is 0 Å². The van der Waals surface area contributed by atoms with Gasteiger partial charge in [0.1, 0.15) is 17.6 Å². The molecule has 0 amide bonds. The van der Waals surface area contributed by atoms with Gasteiger partial charge in [0, 0.05) is 13.1 Å². The first-order valence-corrected chi connectivity index (χ1v) is 6.53. The van der Waals surface area contributed by atoms with E-state index in [1.165, 1.54) is 12.8 Å². The molecule has 1 aromatic rings. The Morgan fingerprint density at radius 3 is 2.71 bits per heavy atom. The molecule has 1 fully saturated rings. The number of aromatic nitrogens is 2. The van der Waals surface area contributed by atoms with Crippen LogP contribution in [0.4, 0.5) is 0 Å². The molecule has 17 heavy (non-hydrogen) atoms. The molecular weight excluding hydrogens is 238 g/mol. The number of nitrogens with one attached hydrogen (secondary N) is 1. The van der Waals surface area contributed by atoms with Crippen molar-refractivity contribution >= 4 is 11.6 Å². The zero-order valence-electron chi connectivity index (χ0n) is 10.4. The summed E-state index contributed by atoms with van der Waals surface area (Å²) in [5, 5.41) is 3.98. The maximum atomic E-state index is 5.93. The Balaban J connectivity index is 1.78. The van der Waals surface area contributed by atoms with Crippen LogP contribution in [0.1, 0.15) is 31.5 Å². The monoisotopic (exact) mass is 257 g/mol. The average molecular weight is 258 g/mol. The molecule has 0 saturated heterocycles. The van der Waals surface area contributed by atoms with E-state index in [4.69, 9.17) is 16.3 Å². The van der Waals surface area contributed by atoms with E-state index in [1.54, 1.807) is 6.20 Å². The Morgan fingerprint density at radius 2 is 2.18 bits per heavy atom. The standard InChI is InChI=1S/C12H20ClN3O/c1-14-9-3-5-10(6-4-9)17-8-12-15-7-11(13)16(12)2/h7,9-10,14H,3-6,8H2,1-2H3. The van der Waals surface area contributed by atoms with Gasteiger partial charge in [-0.25, -0.2) is 4.98 Å². The average Bonchev–Trinajstić information content (AvgIpc) is 2.68. The Hall–Kier alpha value is -0.580. The predicted molar refractivity (Wildman–Crippen MR) is 68.1 cm³/mol. The molecule has 0 aromatic carbocycles. The summed E-state index contributed by atoms with van der Waals surface area (Å²) >= 11 is 5.93. The first-order valence-electron chi connectivity index (χ1n) is 6.15. The van der Waals surface area contributed by atoms with E-state index in [1.807, 2.05) is 18.7 Å². The van der Waals surface area contributed by atoms with Crippen LogP contribution in [0.2, 0.25) is 5.15 Å². The van der Waals surface area contributed by atoms with Gasteiger partial charge in [0.15, 0.2) is 0 Å². The first kappa shape index (κ1) is 12.9. The van der Waals surface area contributed by atoms with Crippen LogP contribution in [0, 0.1) is 0 Å². The molecule has 0 radical (unpaired) electrons. The summed E-state index contributed by atoms with van der Waals surface area (Å²) in [6, 6.07) is 0.664. The number of hydrogen-bond donors (Lipinski definition) is 1. The lowest BCUT2D eigenvalue weighted by atomic mass is 9.93. The summed E-state index contributed by atoms with van der Waals surface area (Å²) < 4.78 is 7.75. The van der Waals surface area contributed by atoms with E-state index in [9.17, 15) is 0 Å². The fourth-order valence-corrected chi connectivity index (χ4v) is 2.42. The van der Waals surface area contributed by atoms with Crippen molar-refractivity contribution in [2.24, 2.45) is 7.05 Å². The van der Waals surface area contributed by atoms with Crippen LogP contribution in [0.15, 0.2) is 6.20 Å². The highest BCUT2D eigenvalue weighted by molar-refractivity contribution is 6.29. The van der Waals surface area contributed by atoms with E-state index < -0.39 is 0 Å². The van der Waals surface area contributed by atoms with Crippen molar-refractivity contribution in [3.63, 3.8) is 0 Å². The van der Waals surface area contributed by atoms with Gasteiger partial charge < -0.3 is 14.6 Å². The Labute approximate surface area is 107 Å². The third-order valence-electron chi connectivity index (χ3n) is 3.56. The summed E-state index contributed by atoms with van der Waals surface area (Å²) in [5.74, 6) is 0.894. The second kappa shape index (κ2) is 5.85. The molecule has 0 unspecified atom stereocenters. The molecule has 96 valence electrons. The van der Waals surface area contributed by atoms with Crippen LogP contribution < -0.4 is 5.32 Å². The largest absolute Gasteiger partial charge is 0.370 e. The molecule has 1 heterocycles. The molecule has 5 heteroatoms. The lowest BCUT2D eigenvalue weighted by molar-refractivity contribution is 0.00775. The number of hydrogen-bond acceptors (Lipinski definition) is 3. The Bertz CT molecular complexity index is 359. The van der Waals surface area contributed by atoms with Gasteiger partial charge in [-0.2, -0.15) is 0 Å². The molecule has 4 nitrogen and oxygen atoms in total. The molecule has 1 aromatic heterocycles. The SMILES string of the molecule is CNC1CCC(OCc2ncc(Cl)n2C)CC1. The molecule has 0 atom stereocenters. The number of imidazole rings is 1. The zero-order valence-corrected chi connectivity index (χ0v) is 11.2. The van der Waals surface area contributed by atoms with Crippen LogP contribution in [-0.2, 0) is 18.4 Å². The predicted octanol–water partition coefficient (Wildman–Crippen LogP) is 2.12. The Morgan fingerprint density at radius 1 is 1.47 bits per heavy atom. The highest BCUT2D eigenvalue weighted by Gasteiger charge is 2.20. The third kappa shape index (κ3) is 3.21. The molecule has 0 aliphatic heterocycles. The maximum Gasteiger partial charge on any atom is 0.135 e. The second-order valence-corrected chi connectivity index (χ2v) is 5.02. The van der Waals surface area contributed by atoms with Gasteiger partial charge >= 0.3 is 0 Å². The van der Waals surface area contributed by atoms with Crippen LogP contribution in [0.5, 0.6) is 0 Å². The summed E-state index contributed by atoms with van der Waals surface area (Å²) in [7, 11) is 3.94. The normalized spacial score (nSPS) is 25.1. The van der Waals surface area contributed by atoms with Gasteiger partial charge in [0.25, 0.3) is 0 Å². The van der Waals surface area contributed by atoms with Crippen LogP contribution in [0.3, 0.4) is 0 Å². The second-order valence-electron chi connectivity index (χ2n) is 4.63. The summed E-state index contributed by atoms with van der Waals surface area (Å²) in [6.07, 6.45) is 6.69. The number of rotatable bonds is 4. The van der Waals surface area contributed by atoms with Gasteiger partial charge in [0.05, 0.1) is 12.3 Å². The van der Waals surface area contributed by atoms with Crippen molar-refractivity contribution < 1.29 is 4.74 Å². The molecule has 1 aliphatic carbocycles. The molecule has 0 bridgehead atoms. The summed E-state index contributed by atoms with van der Waals surface area (Å²) in [6.45, 7) is 0.554. The highest BCUT2D eigenvalue weighted by atomic mass is 35.5. The lowest BCUT2D eigenvalue weighted by Gasteiger charge is -2.28. The molecule has 1 saturated carbocycles. The van der Waals surface area contributed by atoms with E-state index in [0.717, 1.165) is 18.7 Å². The number of halogens is 1. The van der Waals surface area contributed by atoms with Crippen molar-refractivity contribution in [1.82, 2.24) is 14.9 Å². The number of ether oxygens (including phenoxy) is 1. The fourth-order valence-electron chi connectivity index (χ4n) is 2.27. The lowest BCUT2D eigenvalue weighted by Crippen LogP contribution is -2.33. The smallest absolute Gasteiger partial charge is 0.135 e. The van der Waals surface area contributed by atoms with Gasteiger partial charge in [-0.1, -0.05) is 11.6 Å².